The van der Waals surface area contributed by atoms with Crippen LogP contribution in [0.3, 0.4) is 0 Å². The number of pyridine rings is 2. The summed E-state index contributed by atoms with van der Waals surface area (Å²) in [7, 11) is 0. The molecule has 218 valence electrons. The van der Waals surface area contributed by atoms with Crippen LogP contribution < -0.4 is 15.0 Å². The number of benzene rings is 1. The molecule has 0 amide bonds. The lowest BCUT2D eigenvalue weighted by Gasteiger charge is -2.43. The predicted molar refractivity (Wildman–Crippen MR) is 160 cm³/mol. The zero-order valence-electron chi connectivity index (χ0n) is 23.5. The van der Waals surface area contributed by atoms with Gasteiger partial charge in [0.05, 0.1) is 43.1 Å². The number of nitrogens with zero attached hydrogens (tertiary/aromatic N) is 5. The third-order valence-corrected chi connectivity index (χ3v) is 8.08. The maximum Gasteiger partial charge on any atom is 0.178 e. The van der Waals surface area contributed by atoms with Crippen molar-refractivity contribution in [1.82, 2.24) is 30.1 Å². The molecule has 0 bridgehead atoms. The molecule has 6 rings (SSSR count). The molecule has 0 unspecified atom stereocenters. The van der Waals surface area contributed by atoms with E-state index in [0.29, 0.717) is 12.3 Å². The van der Waals surface area contributed by atoms with Crippen LogP contribution >= 0.6 is 0 Å². The van der Waals surface area contributed by atoms with E-state index in [1.165, 1.54) is 5.56 Å². The molecule has 11 heteroatoms. The molecule has 11 nitrogen and oxygen atoms in total. The van der Waals surface area contributed by atoms with Crippen molar-refractivity contribution in [2.24, 2.45) is 0 Å². The molecule has 0 aliphatic carbocycles. The van der Waals surface area contributed by atoms with Crippen LogP contribution in [0, 0.1) is 0 Å². The molecule has 1 fully saturated rings. The summed E-state index contributed by atoms with van der Waals surface area (Å²) in [5, 5.41) is 35.1. The summed E-state index contributed by atoms with van der Waals surface area (Å²) in [5.74, 6) is 1.21. The second-order valence-corrected chi connectivity index (χ2v) is 10.8. The van der Waals surface area contributed by atoms with Crippen LogP contribution in [0.5, 0.6) is 5.75 Å². The van der Waals surface area contributed by atoms with Crippen molar-refractivity contribution in [1.29, 1.82) is 0 Å². The molecular weight excluding hydrogens is 534 g/mol. The number of hydrogen-bond acceptors (Lipinski definition) is 9. The molecular formula is C31H35N7O4. The zero-order valence-corrected chi connectivity index (χ0v) is 23.5. The molecule has 0 saturated carbocycles. The molecule has 1 aromatic carbocycles. The number of carbonyl (C=O) groups excluding carboxylic acids is 1. The average molecular weight is 570 g/mol. The second-order valence-electron chi connectivity index (χ2n) is 10.8. The largest absolute Gasteiger partial charge is 0.492 e. The monoisotopic (exact) mass is 569 g/mol. The van der Waals surface area contributed by atoms with Crippen LogP contribution in [0.4, 0.5) is 5.82 Å². The predicted octanol–water partition coefficient (Wildman–Crippen LogP) is 2.76. The number of ketones is 1. The molecule has 5 aromatic rings. The number of rotatable bonds is 11. The highest BCUT2D eigenvalue weighted by Gasteiger charge is 2.35. The number of Topliss-reactive ketones (excluding diaryl/α,β-unsaturated/α-hetero) is 1. The standard InChI is InChI=1S/C31H35N7O4/c1-2-42-23-14-24(29-25-17-34-35-30(25)36-38(29)19-23)22-8-9-28(32-16-22)37-12-10-31(11-13-37,15-21-6-4-3-5-7-21)33-18-26(40)27(41)20-39/h3-9,14,16-17,19,27,33,39,41H,2,10-13,15,18,20H2,1H3,(H,35,36)/t27-/m1/s1. The van der Waals surface area contributed by atoms with Crippen molar-refractivity contribution in [3.05, 3.63) is 72.7 Å². The van der Waals surface area contributed by atoms with Gasteiger partial charge < -0.3 is 25.2 Å². The fourth-order valence-electron chi connectivity index (χ4n) is 5.80. The van der Waals surface area contributed by atoms with Crippen LogP contribution in [0.2, 0.25) is 0 Å². The minimum Gasteiger partial charge on any atom is -0.492 e. The van der Waals surface area contributed by atoms with Gasteiger partial charge in [-0.05, 0) is 49.9 Å². The van der Waals surface area contributed by atoms with Crippen LogP contribution in [0.15, 0.2) is 67.1 Å². The Labute approximate surface area is 243 Å². The molecule has 4 aromatic heterocycles. The van der Waals surface area contributed by atoms with Crippen molar-refractivity contribution in [2.75, 3.05) is 37.7 Å². The summed E-state index contributed by atoms with van der Waals surface area (Å²) in [6, 6.07) is 16.3. The van der Waals surface area contributed by atoms with Gasteiger partial charge in [0.1, 0.15) is 17.7 Å². The molecule has 1 aliphatic rings. The molecule has 4 N–H and O–H groups in total. The zero-order chi connectivity index (χ0) is 29.1. The van der Waals surface area contributed by atoms with Gasteiger partial charge in [-0.1, -0.05) is 30.3 Å². The molecule has 0 spiro atoms. The van der Waals surface area contributed by atoms with Gasteiger partial charge in [-0.15, -0.1) is 5.10 Å². The maximum atomic E-state index is 12.3. The molecule has 1 aliphatic heterocycles. The first-order valence-electron chi connectivity index (χ1n) is 14.3. The maximum absolute atomic E-state index is 12.3. The number of H-pyrrole nitrogens is 1. The van der Waals surface area contributed by atoms with Gasteiger partial charge in [-0.2, -0.15) is 5.10 Å². The summed E-state index contributed by atoms with van der Waals surface area (Å²) in [6.45, 7) is 3.45. The first-order chi connectivity index (χ1) is 20.5. The van der Waals surface area contributed by atoms with Crippen molar-refractivity contribution in [3.8, 4) is 16.9 Å². The van der Waals surface area contributed by atoms with E-state index in [4.69, 9.17) is 9.72 Å². The van der Waals surface area contributed by atoms with E-state index in [2.05, 4.69) is 43.7 Å². The van der Waals surface area contributed by atoms with Gasteiger partial charge >= 0.3 is 0 Å². The van der Waals surface area contributed by atoms with E-state index < -0.39 is 18.5 Å². The molecule has 42 heavy (non-hydrogen) atoms. The van der Waals surface area contributed by atoms with Gasteiger partial charge in [0.2, 0.25) is 0 Å². The Balaban J connectivity index is 1.22. The normalized spacial score (nSPS) is 15.7. The molecule has 0 radical (unpaired) electrons. The van der Waals surface area contributed by atoms with Gasteiger partial charge in [-0.25, -0.2) is 9.50 Å². The van der Waals surface area contributed by atoms with E-state index in [0.717, 1.165) is 65.9 Å². The number of nitrogens with one attached hydrogen (secondary N) is 2. The van der Waals surface area contributed by atoms with E-state index in [-0.39, 0.29) is 12.1 Å². The van der Waals surface area contributed by atoms with Gasteiger partial charge in [-0.3, -0.25) is 9.89 Å². The van der Waals surface area contributed by atoms with Crippen molar-refractivity contribution < 1.29 is 19.7 Å². The lowest BCUT2D eigenvalue weighted by atomic mass is 9.81. The highest BCUT2D eigenvalue weighted by Crippen LogP contribution is 2.34. The number of ether oxygens (including phenoxy) is 1. The Kier molecular flexibility index (Phi) is 7.88. The van der Waals surface area contributed by atoms with Crippen molar-refractivity contribution >= 4 is 28.2 Å². The van der Waals surface area contributed by atoms with E-state index in [9.17, 15) is 15.0 Å². The van der Waals surface area contributed by atoms with E-state index in [1.807, 2.05) is 54.2 Å². The fraction of sp³-hybridized carbons (Fsp3) is 0.355. The molecule has 1 atom stereocenters. The number of aromatic nitrogens is 5. The Hall–Kier alpha value is -4.32. The summed E-state index contributed by atoms with van der Waals surface area (Å²) in [6.07, 6.45) is 6.52. The van der Waals surface area contributed by atoms with Crippen LogP contribution in [-0.2, 0) is 11.2 Å². The fourth-order valence-corrected chi connectivity index (χ4v) is 5.80. The average Bonchev–Trinajstić information content (AvgIpc) is 3.62. The SMILES string of the molecule is CCOc1cc(-c2ccc(N3CCC(Cc4ccccc4)(NCC(=O)[C@H](O)CO)CC3)nc2)c2c3cn[nH]c3nn2c1. The number of carbonyl (C=O) groups is 1. The highest BCUT2D eigenvalue weighted by atomic mass is 16.5. The molecule has 1 saturated heterocycles. The summed E-state index contributed by atoms with van der Waals surface area (Å²) < 4.78 is 7.64. The quantitative estimate of drug-likeness (QED) is 0.189. The van der Waals surface area contributed by atoms with Gasteiger partial charge in [0.25, 0.3) is 0 Å². The Morgan fingerprint density at radius 1 is 1.17 bits per heavy atom. The Morgan fingerprint density at radius 2 is 1.98 bits per heavy atom. The topological polar surface area (TPSA) is 141 Å². The van der Waals surface area contributed by atoms with Crippen molar-refractivity contribution in [3.63, 3.8) is 0 Å². The summed E-state index contributed by atoms with van der Waals surface area (Å²) in [5.41, 5.74) is 4.43. The minimum atomic E-state index is -1.36. The number of fused-ring (bicyclic) bond motifs is 3. The number of hydrogen-bond donors (Lipinski definition) is 4. The smallest absolute Gasteiger partial charge is 0.178 e. The Morgan fingerprint density at radius 3 is 2.69 bits per heavy atom. The number of aliphatic hydroxyl groups excluding tert-OH is 2. The molecule has 5 heterocycles. The number of aromatic amines is 1. The first kappa shape index (κ1) is 27.8. The second kappa shape index (κ2) is 11.9. The number of aliphatic hydroxyl groups is 2. The van der Waals surface area contributed by atoms with Crippen LogP contribution in [0.25, 0.3) is 27.7 Å². The lowest BCUT2D eigenvalue weighted by Crippen LogP contribution is -2.56. The van der Waals surface area contributed by atoms with Crippen LogP contribution in [0.1, 0.15) is 25.3 Å². The van der Waals surface area contributed by atoms with Gasteiger partial charge in [0.15, 0.2) is 11.4 Å². The number of piperidine rings is 1. The third-order valence-electron chi connectivity index (χ3n) is 8.08. The van der Waals surface area contributed by atoms with Crippen molar-refractivity contribution in [2.45, 2.75) is 37.8 Å². The summed E-state index contributed by atoms with van der Waals surface area (Å²) in [4.78, 5) is 19.4. The summed E-state index contributed by atoms with van der Waals surface area (Å²) >= 11 is 0. The van der Waals surface area contributed by atoms with E-state index in [1.54, 1.807) is 6.20 Å². The Bertz CT molecular complexity index is 1660. The van der Waals surface area contributed by atoms with Gasteiger partial charge in [0, 0.05) is 36.0 Å². The lowest BCUT2D eigenvalue weighted by molar-refractivity contribution is -0.128. The highest BCUT2D eigenvalue weighted by molar-refractivity contribution is 6.00. The first-order valence-corrected chi connectivity index (χ1v) is 14.3. The van der Waals surface area contributed by atoms with E-state index >= 15 is 0 Å². The minimum absolute atomic E-state index is 0.00924. The number of anilines is 1. The van der Waals surface area contributed by atoms with Crippen LogP contribution in [-0.4, -0.2) is 85.3 Å². The third kappa shape index (κ3) is 5.58.